The van der Waals surface area contributed by atoms with E-state index < -0.39 is 0 Å². The average Bonchev–Trinajstić information content (AvgIpc) is 3.03. The summed E-state index contributed by atoms with van der Waals surface area (Å²) in [6.45, 7) is 3.53. The van der Waals surface area contributed by atoms with Gasteiger partial charge < -0.3 is 15.4 Å². The van der Waals surface area contributed by atoms with Gasteiger partial charge >= 0.3 is 0 Å². The van der Waals surface area contributed by atoms with Crippen LogP contribution in [0.15, 0.2) is 24.4 Å². The van der Waals surface area contributed by atoms with Gasteiger partial charge in [-0.1, -0.05) is 17.7 Å². The largest absolute Gasteiger partial charge is 0.376 e. The van der Waals surface area contributed by atoms with Gasteiger partial charge in [0.15, 0.2) is 5.82 Å². The molecule has 0 amide bonds. The molecular formula is C15H18ClN5O. The van der Waals surface area contributed by atoms with Crippen LogP contribution in [0.25, 0.3) is 0 Å². The molecule has 0 bridgehead atoms. The Bertz CT molecular complexity index is 646. The Kier molecular flexibility index (Phi) is 4.70. The summed E-state index contributed by atoms with van der Waals surface area (Å²) in [5.74, 6) is 1.10. The third kappa shape index (κ3) is 3.84. The molecule has 1 saturated heterocycles. The van der Waals surface area contributed by atoms with Crippen LogP contribution in [0.1, 0.15) is 18.4 Å². The van der Waals surface area contributed by atoms with Crippen molar-refractivity contribution in [2.24, 2.45) is 0 Å². The minimum atomic E-state index is 0.252. The number of rotatable bonds is 5. The van der Waals surface area contributed by atoms with Crippen LogP contribution in [0, 0.1) is 6.92 Å². The van der Waals surface area contributed by atoms with Gasteiger partial charge in [0.2, 0.25) is 5.95 Å². The number of halogens is 1. The lowest BCUT2D eigenvalue weighted by molar-refractivity contribution is 0.120. The third-order valence-electron chi connectivity index (χ3n) is 3.52. The van der Waals surface area contributed by atoms with Gasteiger partial charge in [-0.25, -0.2) is 0 Å². The molecule has 0 saturated carbocycles. The number of anilines is 3. The minimum Gasteiger partial charge on any atom is -0.376 e. The zero-order valence-corrected chi connectivity index (χ0v) is 13.1. The van der Waals surface area contributed by atoms with Crippen molar-refractivity contribution in [3.05, 3.63) is 35.0 Å². The van der Waals surface area contributed by atoms with E-state index >= 15 is 0 Å². The smallest absolute Gasteiger partial charge is 0.249 e. The summed E-state index contributed by atoms with van der Waals surface area (Å²) in [6, 6.07) is 5.71. The van der Waals surface area contributed by atoms with E-state index in [-0.39, 0.29) is 6.10 Å². The average molecular weight is 320 g/mol. The molecule has 1 aliphatic rings. The molecule has 22 heavy (non-hydrogen) atoms. The standard InChI is InChI=1S/C15H18ClN5O/c1-10-4-5-11(7-13(10)16)19-15-20-14(9-18-21-15)17-8-12-3-2-6-22-12/h4-5,7,9,12H,2-3,6,8H2,1H3,(H2,17,19,20,21). The van der Waals surface area contributed by atoms with Crippen LogP contribution in [0.2, 0.25) is 5.02 Å². The van der Waals surface area contributed by atoms with Gasteiger partial charge in [0.25, 0.3) is 0 Å². The van der Waals surface area contributed by atoms with E-state index in [1.165, 1.54) is 0 Å². The first-order valence-corrected chi connectivity index (χ1v) is 7.67. The summed E-state index contributed by atoms with van der Waals surface area (Å²) < 4.78 is 5.57. The molecule has 2 aromatic rings. The van der Waals surface area contributed by atoms with Crippen LogP contribution < -0.4 is 10.6 Å². The highest BCUT2D eigenvalue weighted by Crippen LogP contribution is 2.22. The van der Waals surface area contributed by atoms with E-state index in [0.717, 1.165) is 37.2 Å². The fourth-order valence-electron chi connectivity index (χ4n) is 2.27. The molecule has 2 heterocycles. The van der Waals surface area contributed by atoms with Crippen LogP contribution >= 0.6 is 11.6 Å². The fourth-order valence-corrected chi connectivity index (χ4v) is 2.45. The van der Waals surface area contributed by atoms with Crippen LogP contribution in [0.4, 0.5) is 17.5 Å². The molecular weight excluding hydrogens is 302 g/mol. The van der Waals surface area contributed by atoms with Crippen LogP contribution in [0.5, 0.6) is 0 Å². The van der Waals surface area contributed by atoms with Gasteiger partial charge in [0.05, 0.1) is 12.3 Å². The Balaban J connectivity index is 1.63. The number of benzene rings is 1. The molecule has 1 aromatic heterocycles. The van der Waals surface area contributed by atoms with Crippen molar-refractivity contribution in [2.45, 2.75) is 25.9 Å². The number of nitrogens with zero attached hydrogens (tertiary/aromatic N) is 3. The highest BCUT2D eigenvalue weighted by Gasteiger charge is 2.15. The second-order valence-electron chi connectivity index (χ2n) is 5.27. The lowest BCUT2D eigenvalue weighted by Gasteiger charge is -2.11. The van der Waals surface area contributed by atoms with Gasteiger partial charge in [-0.05, 0) is 37.5 Å². The first-order valence-electron chi connectivity index (χ1n) is 7.29. The van der Waals surface area contributed by atoms with E-state index in [4.69, 9.17) is 16.3 Å². The van der Waals surface area contributed by atoms with Gasteiger partial charge in [0.1, 0.15) is 0 Å². The molecule has 7 heteroatoms. The van der Waals surface area contributed by atoms with Gasteiger partial charge in [-0.3, -0.25) is 0 Å². The van der Waals surface area contributed by atoms with E-state index in [9.17, 15) is 0 Å². The van der Waals surface area contributed by atoms with Crippen molar-refractivity contribution >= 4 is 29.1 Å². The quantitative estimate of drug-likeness (QED) is 0.882. The predicted octanol–water partition coefficient (Wildman–Crippen LogP) is 3.17. The fraction of sp³-hybridized carbons (Fsp3) is 0.400. The lowest BCUT2D eigenvalue weighted by Crippen LogP contribution is -2.19. The highest BCUT2D eigenvalue weighted by atomic mass is 35.5. The number of hydrogen-bond acceptors (Lipinski definition) is 6. The molecule has 0 aliphatic carbocycles. The van der Waals surface area contributed by atoms with Crippen molar-refractivity contribution in [2.75, 3.05) is 23.8 Å². The second kappa shape index (κ2) is 6.89. The molecule has 1 aromatic carbocycles. The molecule has 0 radical (unpaired) electrons. The first kappa shape index (κ1) is 15.0. The molecule has 3 rings (SSSR count). The number of aromatic nitrogens is 3. The number of nitrogens with one attached hydrogen (secondary N) is 2. The molecule has 116 valence electrons. The van der Waals surface area contributed by atoms with Crippen LogP contribution in [-0.4, -0.2) is 34.4 Å². The van der Waals surface area contributed by atoms with E-state index in [1.807, 2.05) is 25.1 Å². The van der Waals surface area contributed by atoms with Gasteiger partial charge in [-0.2, -0.15) is 10.1 Å². The Morgan fingerprint density at radius 1 is 1.41 bits per heavy atom. The predicted molar refractivity (Wildman–Crippen MR) is 86.8 cm³/mol. The third-order valence-corrected chi connectivity index (χ3v) is 3.93. The van der Waals surface area contributed by atoms with Crippen molar-refractivity contribution in [3.63, 3.8) is 0 Å². The van der Waals surface area contributed by atoms with Crippen LogP contribution in [-0.2, 0) is 4.74 Å². The van der Waals surface area contributed by atoms with Gasteiger partial charge in [-0.15, -0.1) is 5.10 Å². The lowest BCUT2D eigenvalue weighted by atomic mass is 10.2. The van der Waals surface area contributed by atoms with E-state index in [2.05, 4.69) is 25.8 Å². The topological polar surface area (TPSA) is 72.0 Å². The molecule has 0 spiro atoms. The maximum absolute atomic E-state index is 6.11. The van der Waals surface area contributed by atoms with Crippen molar-refractivity contribution in [1.29, 1.82) is 0 Å². The Morgan fingerprint density at radius 3 is 3.09 bits per heavy atom. The molecule has 1 aliphatic heterocycles. The SMILES string of the molecule is Cc1ccc(Nc2nncc(NCC3CCCO3)n2)cc1Cl. The van der Waals surface area contributed by atoms with Crippen molar-refractivity contribution in [3.8, 4) is 0 Å². The monoisotopic (exact) mass is 319 g/mol. The Labute approximate surface area is 134 Å². The zero-order chi connectivity index (χ0) is 15.4. The summed E-state index contributed by atoms with van der Waals surface area (Å²) in [5.41, 5.74) is 1.85. The van der Waals surface area contributed by atoms with Gasteiger partial charge in [0, 0.05) is 23.9 Å². The van der Waals surface area contributed by atoms with E-state index in [0.29, 0.717) is 16.8 Å². The molecule has 2 N–H and O–H groups in total. The minimum absolute atomic E-state index is 0.252. The normalized spacial score (nSPS) is 17.5. The highest BCUT2D eigenvalue weighted by molar-refractivity contribution is 6.31. The molecule has 6 nitrogen and oxygen atoms in total. The zero-order valence-electron chi connectivity index (χ0n) is 12.3. The van der Waals surface area contributed by atoms with Crippen LogP contribution in [0.3, 0.4) is 0 Å². The molecule has 1 atom stereocenters. The maximum atomic E-state index is 6.11. The second-order valence-corrected chi connectivity index (χ2v) is 5.68. The summed E-state index contributed by atoms with van der Waals surface area (Å²) in [7, 11) is 0. The maximum Gasteiger partial charge on any atom is 0.249 e. The summed E-state index contributed by atoms with van der Waals surface area (Å²) in [5, 5.41) is 15.0. The number of aryl methyl sites for hydroxylation is 1. The molecule has 1 fully saturated rings. The number of hydrogen-bond donors (Lipinski definition) is 2. The summed E-state index contributed by atoms with van der Waals surface area (Å²) >= 11 is 6.11. The van der Waals surface area contributed by atoms with Crippen molar-refractivity contribution < 1.29 is 4.74 Å². The molecule has 1 unspecified atom stereocenters. The summed E-state index contributed by atoms with van der Waals surface area (Å²) in [4.78, 5) is 4.39. The number of ether oxygens (including phenoxy) is 1. The Morgan fingerprint density at radius 2 is 2.32 bits per heavy atom. The summed E-state index contributed by atoms with van der Waals surface area (Å²) in [6.07, 6.45) is 4.05. The van der Waals surface area contributed by atoms with Crippen molar-refractivity contribution in [1.82, 2.24) is 15.2 Å². The van der Waals surface area contributed by atoms with E-state index in [1.54, 1.807) is 6.20 Å². The first-order chi connectivity index (χ1) is 10.7. The Hall–Kier alpha value is -1.92.